The second-order valence-corrected chi connectivity index (χ2v) is 7.97. The maximum Gasteiger partial charge on any atom is 0.266 e. The summed E-state index contributed by atoms with van der Waals surface area (Å²) >= 11 is 1.40. The fourth-order valence-corrected chi connectivity index (χ4v) is 4.29. The van der Waals surface area contributed by atoms with Gasteiger partial charge in [-0.25, -0.2) is 9.97 Å². The molecule has 0 spiro atoms. The lowest BCUT2D eigenvalue weighted by Crippen LogP contribution is -2.21. The van der Waals surface area contributed by atoms with Crippen LogP contribution in [0.15, 0.2) is 99.4 Å². The number of nitrogens with zero attached hydrogens (tertiary/aromatic N) is 3. The summed E-state index contributed by atoms with van der Waals surface area (Å²) in [5.41, 5.74) is 2.17. The first-order chi connectivity index (χ1) is 15.7. The number of hydrogen-bond donors (Lipinski definition) is 0. The molecular formula is C25H19N3O3S. The van der Waals surface area contributed by atoms with E-state index < -0.39 is 0 Å². The second kappa shape index (κ2) is 8.72. The van der Waals surface area contributed by atoms with Crippen LogP contribution < -0.4 is 10.3 Å². The fourth-order valence-electron chi connectivity index (χ4n) is 3.43. The predicted molar refractivity (Wildman–Crippen MR) is 125 cm³/mol. The normalized spacial score (nSPS) is 11.0. The monoisotopic (exact) mass is 441 g/mol. The molecule has 5 aromatic rings. The number of oxazole rings is 1. The highest BCUT2D eigenvalue weighted by atomic mass is 32.2. The average Bonchev–Trinajstić information content (AvgIpc) is 3.32. The van der Waals surface area contributed by atoms with E-state index in [4.69, 9.17) is 14.1 Å². The van der Waals surface area contributed by atoms with Crippen LogP contribution in [0.2, 0.25) is 0 Å². The van der Waals surface area contributed by atoms with Crippen molar-refractivity contribution in [2.45, 2.75) is 10.9 Å². The predicted octanol–water partition coefficient (Wildman–Crippen LogP) is 5.34. The van der Waals surface area contributed by atoms with Crippen molar-refractivity contribution in [1.82, 2.24) is 14.5 Å². The molecule has 158 valence electrons. The summed E-state index contributed by atoms with van der Waals surface area (Å²) in [4.78, 5) is 22.5. The van der Waals surface area contributed by atoms with Gasteiger partial charge < -0.3 is 9.15 Å². The van der Waals surface area contributed by atoms with Gasteiger partial charge in [-0.2, -0.15) is 0 Å². The smallest absolute Gasteiger partial charge is 0.266 e. The fraction of sp³-hybridized carbons (Fsp3) is 0.0800. The minimum absolute atomic E-state index is 0.135. The number of benzene rings is 3. The quantitative estimate of drug-likeness (QED) is 0.262. The van der Waals surface area contributed by atoms with Crippen LogP contribution in [0.5, 0.6) is 5.75 Å². The summed E-state index contributed by atoms with van der Waals surface area (Å²) in [5, 5.41) is 1.11. The Morgan fingerprint density at radius 2 is 1.81 bits per heavy atom. The Hall–Kier alpha value is -3.84. The van der Waals surface area contributed by atoms with Gasteiger partial charge in [-0.3, -0.25) is 9.36 Å². The van der Waals surface area contributed by atoms with Gasteiger partial charge in [0.05, 0.1) is 35.6 Å². The van der Waals surface area contributed by atoms with Gasteiger partial charge in [0, 0.05) is 11.6 Å². The van der Waals surface area contributed by atoms with Crippen LogP contribution in [0.3, 0.4) is 0 Å². The van der Waals surface area contributed by atoms with E-state index >= 15 is 0 Å². The maximum atomic E-state index is 13.4. The zero-order valence-corrected chi connectivity index (χ0v) is 18.1. The second-order valence-electron chi connectivity index (χ2n) is 7.03. The van der Waals surface area contributed by atoms with Crippen molar-refractivity contribution in [3.05, 3.63) is 101 Å². The first-order valence-electron chi connectivity index (χ1n) is 10.0. The molecule has 0 aliphatic carbocycles. The molecule has 0 atom stereocenters. The van der Waals surface area contributed by atoms with Crippen molar-refractivity contribution < 1.29 is 9.15 Å². The summed E-state index contributed by atoms with van der Waals surface area (Å²) in [7, 11) is 1.60. The van der Waals surface area contributed by atoms with Crippen molar-refractivity contribution in [1.29, 1.82) is 0 Å². The molecule has 2 aromatic heterocycles. The van der Waals surface area contributed by atoms with Gasteiger partial charge in [-0.1, -0.05) is 60.3 Å². The van der Waals surface area contributed by atoms with Crippen molar-refractivity contribution in [2.75, 3.05) is 7.11 Å². The molecule has 5 rings (SSSR count). The number of methoxy groups -OCH3 is 1. The lowest BCUT2D eigenvalue weighted by Gasteiger charge is -2.13. The minimum Gasteiger partial charge on any atom is -0.497 e. The molecule has 0 bridgehead atoms. The molecule has 7 heteroatoms. The molecule has 0 amide bonds. The Morgan fingerprint density at radius 1 is 1.00 bits per heavy atom. The third-order valence-corrected chi connectivity index (χ3v) is 5.92. The summed E-state index contributed by atoms with van der Waals surface area (Å²) in [5.74, 6) is 2.37. The molecule has 0 N–H and O–H groups in total. The van der Waals surface area contributed by atoms with Crippen LogP contribution in [-0.4, -0.2) is 21.6 Å². The average molecular weight is 442 g/mol. The summed E-state index contributed by atoms with van der Waals surface area (Å²) in [6, 6.07) is 24.5. The topological polar surface area (TPSA) is 70.2 Å². The van der Waals surface area contributed by atoms with Crippen molar-refractivity contribution >= 4 is 22.7 Å². The molecule has 32 heavy (non-hydrogen) atoms. The van der Waals surface area contributed by atoms with Crippen molar-refractivity contribution in [3.8, 4) is 22.8 Å². The van der Waals surface area contributed by atoms with E-state index in [1.165, 1.54) is 11.8 Å². The molecular weight excluding hydrogens is 422 g/mol. The third kappa shape index (κ3) is 3.90. The van der Waals surface area contributed by atoms with Crippen LogP contribution in [0.25, 0.3) is 27.9 Å². The van der Waals surface area contributed by atoms with Crippen LogP contribution in [0, 0.1) is 0 Å². The van der Waals surface area contributed by atoms with Gasteiger partial charge in [0.15, 0.2) is 10.9 Å². The highest BCUT2D eigenvalue weighted by Crippen LogP contribution is 2.27. The molecule has 0 saturated heterocycles. The lowest BCUT2D eigenvalue weighted by atomic mass is 10.2. The number of hydrogen-bond acceptors (Lipinski definition) is 6. The standard InChI is InChI=1S/C25H19N3O3S/c1-30-19-11-7-10-18(14-19)28-24(29)20-12-5-6-13-21(20)27-25(28)32-16-23-26-15-22(31-23)17-8-3-2-4-9-17/h2-15H,16H2,1H3. The molecule has 0 fully saturated rings. The Labute approximate surface area is 188 Å². The Bertz CT molecular complexity index is 1440. The van der Waals surface area contributed by atoms with Gasteiger partial charge in [0.25, 0.3) is 5.56 Å². The summed E-state index contributed by atoms with van der Waals surface area (Å²) < 4.78 is 12.9. The maximum absolute atomic E-state index is 13.4. The molecule has 0 aliphatic heterocycles. The number of thioether (sulfide) groups is 1. The number of aromatic nitrogens is 3. The number of para-hydroxylation sites is 1. The van der Waals surface area contributed by atoms with Crippen LogP contribution in [0.4, 0.5) is 0 Å². The van der Waals surface area contributed by atoms with E-state index in [0.717, 1.165) is 5.56 Å². The van der Waals surface area contributed by atoms with Crippen LogP contribution >= 0.6 is 11.8 Å². The number of ether oxygens (including phenoxy) is 1. The molecule has 3 aromatic carbocycles. The van der Waals surface area contributed by atoms with Crippen LogP contribution in [0.1, 0.15) is 5.89 Å². The van der Waals surface area contributed by atoms with E-state index in [1.54, 1.807) is 23.9 Å². The van der Waals surface area contributed by atoms with Crippen LogP contribution in [-0.2, 0) is 5.75 Å². The first kappa shape index (κ1) is 20.1. The van der Waals surface area contributed by atoms with Gasteiger partial charge >= 0.3 is 0 Å². The van der Waals surface area contributed by atoms with Crippen molar-refractivity contribution in [3.63, 3.8) is 0 Å². The molecule has 0 saturated carbocycles. The molecule has 6 nitrogen and oxygen atoms in total. The molecule has 0 unspecified atom stereocenters. The third-order valence-electron chi connectivity index (χ3n) is 4.99. The number of fused-ring (bicyclic) bond motifs is 1. The van der Waals surface area contributed by atoms with E-state index in [0.29, 0.717) is 44.9 Å². The molecule has 2 heterocycles. The highest BCUT2D eigenvalue weighted by Gasteiger charge is 2.15. The zero-order valence-electron chi connectivity index (χ0n) is 17.3. The zero-order chi connectivity index (χ0) is 21.9. The van der Waals surface area contributed by atoms with E-state index in [1.807, 2.05) is 72.8 Å². The van der Waals surface area contributed by atoms with E-state index in [-0.39, 0.29) is 5.56 Å². The molecule has 0 radical (unpaired) electrons. The lowest BCUT2D eigenvalue weighted by molar-refractivity contribution is 0.414. The van der Waals surface area contributed by atoms with Gasteiger partial charge in [-0.15, -0.1) is 0 Å². The Kier molecular flexibility index (Phi) is 5.47. The minimum atomic E-state index is -0.135. The SMILES string of the molecule is COc1cccc(-n2c(SCc3ncc(-c4ccccc4)o3)nc3ccccc3c2=O)c1. The number of rotatable bonds is 6. The summed E-state index contributed by atoms with van der Waals surface area (Å²) in [6.45, 7) is 0. The molecule has 0 aliphatic rings. The van der Waals surface area contributed by atoms with E-state index in [9.17, 15) is 4.79 Å². The largest absolute Gasteiger partial charge is 0.497 e. The Balaban J connectivity index is 1.53. The van der Waals surface area contributed by atoms with Gasteiger partial charge in [0.2, 0.25) is 5.89 Å². The Morgan fingerprint density at radius 3 is 2.66 bits per heavy atom. The van der Waals surface area contributed by atoms with Crippen molar-refractivity contribution in [2.24, 2.45) is 0 Å². The summed E-state index contributed by atoms with van der Waals surface area (Å²) in [6.07, 6.45) is 1.72. The highest BCUT2D eigenvalue weighted by molar-refractivity contribution is 7.98. The van der Waals surface area contributed by atoms with Gasteiger partial charge in [0.1, 0.15) is 5.75 Å². The van der Waals surface area contributed by atoms with E-state index in [2.05, 4.69) is 4.98 Å². The van der Waals surface area contributed by atoms with Gasteiger partial charge in [-0.05, 0) is 24.3 Å². The first-order valence-corrected chi connectivity index (χ1v) is 11.0.